The van der Waals surface area contributed by atoms with E-state index in [0.29, 0.717) is 17.9 Å². The van der Waals surface area contributed by atoms with E-state index in [9.17, 15) is 5.11 Å². The van der Waals surface area contributed by atoms with Crippen molar-refractivity contribution in [2.24, 2.45) is 0 Å². The normalized spacial score (nSPS) is 23.1. The summed E-state index contributed by atoms with van der Waals surface area (Å²) < 4.78 is 0. The molecule has 1 fully saturated rings. The molecule has 106 valence electrons. The molecular formula is C12H20ClN5O. The quantitative estimate of drug-likeness (QED) is 0.768. The minimum absolute atomic E-state index is 0.165. The molecule has 0 unspecified atom stereocenters. The summed E-state index contributed by atoms with van der Waals surface area (Å²) in [7, 11) is 0. The minimum atomic E-state index is -0.165. The first-order valence-electron chi connectivity index (χ1n) is 6.77. The molecule has 0 saturated heterocycles. The van der Waals surface area contributed by atoms with Crippen LogP contribution in [0.2, 0.25) is 5.28 Å². The van der Waals surface area contributed by atoms with Crippen LogP contribution in [-0.4, -0.2) is 38.7 Å². The predicted molar refractivity (Wildman–Crippen MR) is 75.5 cm³/mol. The van der Waals surface area contributed by atoms with Crippen molar-refractivity contribution in [3.05, 3.63) is 5.28 Å². The van der Waals surface area contributed by atoms with Crippen molar-refractivity contribution in [1.82, 2.24) is 15.0 Å². The smallest absolute Gasteiger partial charge is 0.229 e. The van der Waals surface area contributed by atoms with Crippen molar-refractivity contribution < 1.29 is 5.11 Å². The fourth-order valence-electron chi connectivity index (χ4n) is 2.13. The molecule has 0 bridgehead atoms. The van der Waals surface area contributed by atoms with Crippen LogP contribution in [0.1, 0.15) is 39.0 Å². The van der Waals surface area contributed by atoms with Gasteiger partial charge in [-0.1, -0.05) is 6.92 Å². The van der Waals surface area contributed by atoms with Crippen molar-refractivity contribution in [2.75, 3.05) is 17.2 Å². The van der Waals surface area contributed by atoms with Gasteiger partial charge in [0, 0.05) is 12.6 Å². The van der Waals surface area contributed by atoms with Gasteiger partial charge in [-0.05, 0) is 43.7 Å². The average Bonchev–Trinajstić information content (AvgIpc) is 2.38. The van der Waals surface area contributed by atoms with E-state index in [1.165, 1.54) is 0 Å². The second-order valence-electron chi connectivity index (χ2n) is 4.83. The molecule has 0 aromatic carbocycles. The highest BCUT2D eigenvalue weighted by Gasteiger charge is 2.20. The van der Waals surface area contributed by atoms with Gasteiger partial charge in [-0.15, -0.1) is 0 Å². The number of nitrogens with one attached hydrogen (secondary N) is 2. The van der Waals surface area contributed by atoms with Gasteiger partial charge < -0.3 is 15.7 Å². The monoisotopic (exact) mass is 285 g/mol. The number of halogens is 1. The van der Waals surface area contributed by atoms with Crippen molar-refractivity contribution in [3.63, 3.8) is 0 Å². The summed E-state index contributed by atoms with van der Waals surface area (Å²) in [4.78, 5) is 12.4. The molecule has 6 nitrogen and oxygen atoms in total. The molecule has 0 spiro atoms. The number of aromatic nitrogens is 3. The third-order valence-electron chi connectivity index (χ3n) is 3.17. The lowest BCUT2D eigenvalue weighted by atomic mass is 9.93. The van der Waals surface area contributed by atoms with Crippen molar-refractivity contribution in [2.45, 2.75) is 51.2 Å². The fourth-order valence-corrected chi connectivity index (χ4v) is 2.29. The van der Waals surface area contributed by atoms with Crippen LogP contribution in [0.25, 0.3) is 0 Å². The first kappa shape index (κ1) is 14.3. The van der Waals surface area contributed by atoms with Crippen LogP contribution >= 0.6 is 11.6 Å². The third-order valence-corrected chi connectivity index (χ3v) is 3.34. The molecule has 19 heavy (non-hydrogen) atoms. The molecule has 1 aliphatic carbocycles. The van der Waals surface area contributed by atoms with Gasteiger partial charge in [0.15, 0.2) is 0 Å². The van der Waals surface area contributed by atoms with Crippen molar-refractivity contribution >= 4 is 23.5 Å². The zero-order valence-electron chi connectivity index (χ0n) is 11.1. The number of aliphatic hydroxyl groups excluding tert-OH is 1. The Morgan fingerprint density at radius 3 is 2.53 bits per heavy atom. The largest absolute Gasteiger partial charge is 0.393 e. The highest BCUT2D eigenvalue weighted by atomic mass is 35.5. The van der Waals surface area contributed by atoms with Gasteiger partial charge >= 0.3 is 0 Å². The summed E-state index contributed by atoms with van der Waals surface area (Å²) in [6, 6.07) is 0.292. The van der Waals surface area contributed by atoms with Crippen molar-refractivity contribution in [3.8, 4) is 0 Å². The Kier molecular flexibility index (Phi) is 5.15. The van der Waals surface area contributed by atoms with E-state index >= 15 is 0 Å². The van der Waals surface area contributed by atoms with E-state index in [1.54, 1.807) is 0 Å². The maximum absolute atomic E-state index is 9.48. The number of hydrogen-bond donors (Lipinski definition) is 3. The van der Waals surface area contributed by atoms with Crippen LogP contribution in [0.5, 0.6) is 0 Å². The summed E-state index contributed by atoms with van der Waals surface area (Å²) >= 11 is 5.89. The SMILES string of the molecule is CCCNc1nc(Cl)nc(NC2CCC(O)CC2)n1. The molecule has 1 aliphatic rings. The Balaban J connectivity index is 1.97. The summed E-state index contributed by atoms with van der Waals surface area (Å²) in [6.45, 7) is 2.87. The number of aliphatic hydroxyl groups is 1. The van der Waals surface area contributed by atoms with E-state index < -0.39 is 0 Å². The molecule has 1 saturated carbocycles. The van der Waals surface area contributed by atoms with Gasteiger partial charge in [0.25, 0.3) is 0 Å². The molecule has 1 aromatic heterocycles. The number of rotatable bonds is 5. The van der Waals surface area contributed by atoms with Crippen LogP contribution in [0.3, 0.4) is 0 Å². The molecule has 0 radical (unpaired) electrons. The molecule has 0 atom stereocenters. The van der Waals surface area contributed by atoms with Crippen LogP contribution in [0, 0.1) is 0 Å². The number of anilines is 2. The molecule has 0 amide bonds. The van der Waals surface area contributed by atoms with Gasteiger partial charge in [-0.25, -0.2) is 0 Å². The number of hydrogen-bond acceptors (Lipinski definition) is 6. The Labute approximate surface area is 118 Å². The predicted octanol–water partition coefficient (Wildman–Crippen LogP) is 2.06. The zero-order valence-corrected chi connectivity index (χ0v) is 11.8. The average molecular weight is 286 g/mol. The first-order valence-corrected chi connectivity index (χ1v) is 7.15. The van der Waals surface area contributed by atoms with Gasteiger partial charge in [0.2, 0.25) is 17.2 Å². The molecular weight excluding hydrogens is 266 g/mol. The Morgan fingerprint density at radius 1 is 1.16 bits per heavy atom. The van der Waals surface area contributed by atoms with E-state index in [2.05, 4.69) is 32.5 Å². The van der Waals surface area contributed by atoms with Crippen LogP contribution < -0.4 is 10.6 Å². The molecule has 3 N–H and O–H groups in total. The molecule has 1 aromatic rings. The summed E-state index contributed by atoms with van der Waals surface area (Å²) in [5, 5.41) is 16.0. The highest BCUT2D eigenvalue weighted by molar-refractivity contribution is 6.28. The summed E-state index contributed by atoms with van der Waals surface area (Å²) in [6.07, 6.45) is 4.30. The Morgan fingerprint density at radius 2 is 1.84 bits per heavy atom. The van der Waals surface area contributed by atoms with Gasteiger partial charge in [0.05, 0.1) is 6.10 Å². The maximum atomic E-state index is 9.48. The molecule has 7 heteroatoms. The summed E-state index contributed by atoms with van der Waals surface area (Å²) in [5.74, 6) is 1.00. The van der Waals surface area contributed by atoms with E-state index in [-0.39, 0.29) is 11.4 Å². The summed E-state index contributed by atoms with van der Waals surface area (Å²) in [5.41, 5.74) is 0. The lowest BCUT2D eigenvalue weighted by molar-refractivity contribution is 0.126. The minimum Gasteiger partial charge on any atom is -0.393 e. The molecule has 2 rings (SSSR count). The Hall–Kier alpha value is -1.14. The Bertz CT molecular complexity index is 409. The van der Waals surface area contributed by atoms with E-state index in [1.807, 2.05) is 0 Å². The lowest BCUT2D eigenvalue weighted by Crippen LogP contribution is -2.29. The topological polar surface area (TPSA) is 83.0 Å². The maximum Gasteiger partial charge on any atom is 0.229 e. The van der Waals surface area contributed by atoms with Crippen LogP contribution in [-0.2, 0) is 0 Å². The lowest BCUT2D eigenvalue weighted by Gasteiger charge is -2.26. The van der Waals surface area contributed by atoms with Crippen LogP contribution in [0.4, 0.5) is 11.9 Å². The van der Waals surface area contributed by atoms with E-state index in [0.717, 1.165) is 38.6 Å². The second kappa shape index (κ2) is 6.86. The van der Waals surface area contributed by atoms with Gasteiger partial charge in [0.1, 0.15) is 0 Å². The van der Waals surface area contributed by atoms with Crippen LogP contribution in [0.15, 0.2) is 0 Å². The standard InChI is InChI=1S/C12H20ClN5O/c1-2-7-14-11-16-10(13)17-12(18-11)15-8-3-5-9(19)6-4-8/h8-9,19H,2-7H2,1H3,(H2,14,15,16,17,18). The van der Waals surface area contributed by atoms with E-state index in [4.69, 9.17) is 11.6 Å². The van der Waals surface area contributed by atoms with Crippen molar-refractivity contribution in [1.29, 1.82) is 0 Å². The second-order valence-corrected chi connectivity index (χ2v) is 5.17. The molecule has 1 heterocycles. The number of nitrogens with zero attached hydrogens (tertiary/aromatic N) is 3. The zero-order chi connectivity index (χ0) is 13.7. The first-order chi connectivity index (χ1) is 9.17. The fraction of sp³-hybridized carbons (Fsp3) is 0.750. The highest BCUT2D eigenvalue weighted by Crippen LogP contribution is 2.21. The molecule has 0 aliphatic heterocycles. The third kappa shape index (κ3) is 4.47. The van der Waals surface area contributed by atoms with Gasteiger partial charge in [-0.2, -0.15) is 15.0 Å². The van der Waals surface area contributed by atoms with Gasteiger partial charge in [-0.3, -0.25) is 0 Å².